The second kappa shape index (κ2) is 6.91. The Morgan fingerprint density at radius 2 is 2.06 bits per heavy atom. The minimum absolute atomic E-state index is 0.0502. The Labute approximate surface area is 103 Å². The van der Waals surface area contributed by atoms with Crippen LogP contribution >= 0.6 is 0 Å². The van der Waals surface area contributed by atoms with Crippen molar-refractivity contribution in [2.24, 2.45) is 0 Å². The molecule has 1 aromatic carbocycles. The van der Waals surface area contributed by atoms with E-state index in [1.165, 1.54) is 5.56 Å². The number of amides is 1. The van der Waals surface area contributed by atoms with Gasteiger partial charge in [-0.15, -0.1) is 0 Å². The second-order valence-electron chi connectivity index (χ2n) is 3.97. The van der Waals surface area contributed by atoms with Crippen LogP contribution in [0.15, 0.2) is 24.3 Å². The molecule has 0 aliphatic carbocycles. The third-order valence-corrected chi connectivity index (χ3v) is 2.52. The van der Waals surface area contributed by atoms with Crippen molar-refractivity contribution in [1.82, 2.24) is 10.6 Å². The number of hydrogen-bond acceptors (Lipinski definition) is 3. The molecular weight excluding hydrogens is 214 g/mol. The molecule has 1 aromatic rings. The molecule has 0 saturated carbocycles. The highest BCUT2D eigenvalue weighted by atomic mass is 16.1. The lowest BCUT2D eigenvalue weighted by atomic mass is 10.1. The zero-order valence-electron chi connectivity index (χ0n) is 10.8. The van der Waals surface area contributed by atoms with Crippen molar-refractivity contribution in [3.63, 3.8) is 0 Å². The van der Waals surface area contributed by atoms with Crippen molar-refractivity contribution in [3.8, 4) is 0 Å². The first kappa shape index (κ1) is 13.5. The van der Waals surface area contributed by atoms with Crippen LogP contribution in [0.4, 0.5) is 5.69 Å². The van der Waals surface area contributed by atoms with Gasteiger partial charge in [-0.1, -0.05) is 18.2 Å². The zero-order chi connectivity index (χ0) is 12.7. The van der Waals surface area contributed by atoms with E-state index in [2.05, 4.69) is 16.7 Å². The molecule has 4 nitrogen and oxygen atoms in total. The van der Waals surface area contributed by atoms with E-state index in [1.54, 1.807) is 0 Å². The number of carbonyl (C=O) groups is 1. The summed E-state index contributed by atoms with van der Waals surface area (Å²) < 4.78 is 0. The Morgan fingerprint density at radius 3 is 2.71 bits per heavy atom. The van der Waals surface area contributed by atoms with Gasteiger partial charge in [-0.2, -0.15) is 0 Å². The molecule has 1 rings (SSSR count). The lowest BCUT2D eigenvalue weighted by Gasteiger charge is -2.21. The van der Waals surface area contributed by atoms with E-state index in [-0.39, 0.29) is 5.91 Å². The average molecular weight is 235 g/mol. The van der Waals surface area contributed by atoms with E-state index < -0.39 is 0 Å². The first-order valence-corrected chi connectivity index (χ1v) is 5.89. The number of nitrogens with one attached hydrogen (secondary N) is 2. The van der Waals surface area contributed by atoms with Crippen molar-refractivity contribution < 1.29 is 4.79 Å². The Hall–Kier alpha value is -1.55. The molecule has 0 radical (unpaired) electrons. The SMILES string of the molecule is CCNC(=O)CN(C)c1ccccc1CNC. The lowest BCUT2D eigenvalue weighted by Crippen LogP contribution is -2.35. The van der Waals surface area contributed by atoms with Crippen molar-refractivity contribution in [2.75, 3.05) is 32.1 Å². The molecular formula is C13H21N3O. The minimum atomic E-state index is 0.0502. The van der Waals surface area contributed by atoms with Crippen molar-refractivity contribution in [2.45, 2.75) is 13.5 Å². The average Bonchev–Trinajstić information content (AvgIpc) is 2.30. The van der Waals surface area contributed by atoms with Crippen LogP contribution in [-0.2, 0) is 11.3 Å². The van der Waals surface area contributed by atoms with Crippen molar-refractivity contribution in [1.29, 1.82) is 0 Å². The van der Waals surface area contributed by atoms with E-state index in [0.29, 0.717) is 13.1 Å². The van der Waals surface area contributed by atoms with Gasteiger partial charge >= 0.3 is 0 Å². The molecule has 0 bridgehead atoms. The number of hydrogen-bond donors (Lipinski definition) is 2. The number of likely N-dealkylation sites (N-methyl/N-ethyl adjacent to an activating group) is 2. The van der Waals surface area contributed by atoms with Gasteiger partial charge in [0.15, 0.2) is 0 Å². The maximum Gasteiger partial charge on any atom is 0.239 e. The maximum absolute atomic E-state index is 11.5. The fraction of sp³-hybridized carbons (Fsp3) is 0.462. The lowest BCUT2D eigenvalue weighted by molar-refractivity contribution is -0.119. The predicted molar refractivity (Wildman–Crippen MR) is 71.2 cm³/mol. The van der Waals surface area contributed by atoms with Crippen LogP contribution in [0.5, 0.6) is 0 Å². The molecule has 0 spiro atoms. The van der Waals surface area contributed by atoms with Crippen LogP contribution in [0.1, 0.15) is 12.5 Å². The number of anilines is 1. The quantitative estimate of drug-likeness (QED) is 0.772. The third-order valence-electron chi connectivity index (χ3n) is 2.52. The van der Waals surface area contributed by atoms with Gasteiger partial charge in [0.05, 0.1) is 6.54 Å². The molecule has 0 heterocycles. The summed E-state index contributed by atoms with van der Waals surface area (Å²) in [5.74, 6) is 0.0502. The van der Waals surface area contributed by atoms with Gasteiger partial charge in [-0.3, -0.25) is 4.79 Å². The monoisotopic (exact) mass is 235 g/mol. The standard InChI is InChI=1S/C13H21N3O/c1-4-15-13(17)10-16(3)12-8-6-5-7-11(12)9-14-2/h5-8,14H,4,9-10H2,1-3H3,(H,15,17). The molecule has 0 saturated heterocycles. The Kier molecular flexibility index (Phi) is 5.49. The summed E-state index contributed by atoms with van der Waals surface area (Å²) in [6.45, 7) is 3.78. The predicted octanol–water partition coefficient (Wildman–Crippen LogP) is 0.978. The number of carbonyl (C=O) groups excluding carboxylic acids is 1. The van der Waals surface area contributed by atoms with E-state index in [1.807, 2.05) is 44.1 Å². The molecule has 2 N–H and O–H groups in total. The van der Waals surface area contributed by atoms with Gasteiger partial charge in [-0.05, 0) is 25.6 Å². The maximum atomic E-state index is 11.5. The van der Waals surface area contributed by atoms with E-state index in [4.69, 9.17) is 0 Å². The normalized spacial score (nSPS) is 10.1. The van der Waals surface area contributed by atoms with Gasteiger partial charge in [0.2, 0.25) is 5.91 Å². The number of nitrogens with zero attached hydrogens (tertiary/aromatic N) is 1. The molecule has 17 heavy (non-hydrogen) atoms. The molecule has 0 aromatic heterocycles. The fourth-order valence-electron chi connectivity index (χ4n) is 1.78. The smallest absolute Gasteiger partial charge is 0.239 e. The summed E-state index contributed by atoms with van der Waals surface area (Å²) in [5.41, 5.74) is 2.29. The number of para-hydroxylation sites is 1. The van der Waals surface area contributed by atoms with E-state index in [0.717, 1.165) is 12.2 Å². The van der Waals surface area contributed by atoms with Crippen LogP contribution in [0.25, 0.3) is 0 Å². The molecule has 0 aliphatic heterocycles. The molecule has 1 amide bonds. The summed E-state index contributed by atoms with van der Waals surface area (Å²) in [6.07, 6.45) is 0. The summed E-state index contributed by atoms with van der Waals surface area (Å²) in [4.78, 5) is 13.5. The van der Waals surface area contributed by atoms with Gasteiger partial charge in [0.25, 0.3) is 0 Å². The van der Waals surface area contributed by atoms with E-state index >= 15 is 0 Å². The molecule has 0 fully saturated rings. The second-order valence-corrected chi connectivity index (χ2v) is 3.97. The summed E-state index contributed by atoms with van der Waals surface area (Å²) >= 11 is 0. The molecule has 4 heteroatoms. The van der Waals surface area contributed by atoms with Crippen LogP contribution in [0.2, 0.25) is 0 Å². The Balaban J connectivity index is 2.73. The minimum Gasteiger partial charge on any atom is -0.365 e. The Morgan fingerprint density at radius 1 is 1.35 bits per heavy atom. The topological polar surface area (TPSA) is 44.4 Å². The van der Waals surface area contributed by atoms with Crippen LogP contribution in [0.3, 0.4) is 0 Å². The highest BCUT2D eigenvalue weighted by Crippen LogP contribution is 2.18. The fourth-order valence-corrected chi connectivity index (χ4v) is 1.78. The third kappa shape index (κ3) is 4.07. The highest BCUT2D eigenvalue weighted by Gasteiger charge is 2.09. The number of benzene rings is 1. The highest BCUT2D eigenvalue weighted by molar-refractivity contribution is 5.81. The van der Waals surface area contributed by atoms with Gasteiger partial charge in [-0.25, -0.2) is 0 Å². The zero-order valence-corrected chi connectivity index (χ0v) is 10.8. The molecule has 94 valence electrons. The van der Waals surface area contributed by atoms with E-state index in [9.17, 15) is 4.79 Å². The van der Waals surface area contributed by atoms with Gasteiger partial charge in [0.1, 0.15) is 0 Å². The molecule has 0 atom stereocenters. The first-order valence-electron chi connectivity index (χ1n) is 5.89. The molecule has 0 aliphatic rings. The van der Waals surface area contributed by atoms with Gasteiger partial charge in [0, 0.05) is 25.8 Å². The molecule has 0 unspecified atom stereocenters. The summed E-state index contributed by atoms with van der Waals surface area (Å²) in [6, 6.07) is 8.10. The summed E-state index contributed by atoms with van der Waals surface area (Å²) in [5, 5.41) is 5.93. The largest absolute Gasteiger partial charge is 0.365 e. The van der Waals surface area contributed by atoms with Gasteiger partial charge < -0.3 is 15.5 Å². The number of rotatable bonds is 6. The van der Waals surface area contributed by atoms with Crippen molar-refractivity contribution in [3.05, 3.63) is 29.8 Å². The van der Waals surface area contributed by atoms with Crippen LogP contribution in [0, 0.1) is 0 Å². The first-order chi connectivity index (χ1) is 8.19. The Bertz CT molecular complexity index is 365. The van der Waals surface area contributed by atoms with Crippen LogP contribution in [-0.4, -0.2) is 33.1 Å². The van der Waals surface area contributed by atoms with Crippen LogP contribution < -0.4 is 15.5 Å². The van der Waals surface area contributed by atoms with Crippen molar-refractivity contribution >= 4 is 11.6 Å². The summed E-state index contributed by atoms with van der Waals surface area (Å²) in [7, 11) is 3.85.